The van der Waals surface area contributed by atoms with E-state index in [1.807, 2.05) is 13.1 Å². The van der Waals surface area contributed by atoms with Crippen molar-refractivity contribution in [2.45, 2.75) is 52.1 Å². The summed E-state index contributed by atoms with van der Waals surface area (Å²) in [6, 6.07) is -0.150. The Balaban J connectivity index is 1.96. The fourth-order valence-electron chi connectivity index (χ4n) is 2.80. The number of hydrogen-bond acceptors (Lipinski definition) is 4. The second kappa shape index (κ2) is 7.26. The molecule has 1 atom stereocenters. The molecule has 1 amide bonds. The standard InChI is InChI=1S/C15H25N3O3S/c1-3-4-7-18(14-6-9-22(20,21)12-14)15(19)5-8-17-11-13(2)10-16-17/h10-11,14H,3-9,12H2,1-2H3. The van der Waals surface area contributed by atoms with Gasteiger partial charge in [-0.25, -0.2) is 8.42 Å². The number of unbranched alkanes of at least 4 members (excludes halogenated alkanes) is 1. The molecular weight excluding hydrogens is 302 g/mol. The van der Waals surface area contributed by atoms with Crippen molar-refractivity contribution in [1.29, 1.82) is 0 Å². The van der Waals surface area contributed by atoms with Gasteiger partial charge in [0, 0.05) is 31.7 Å². The van der Waals surface area contributed by atoms with Crippen molar-refractivity contribution in [3.63, 3.8) is 0 Å². The Morgan fingerprint density at radius 3 is 2.82 bits per heavy atom. The maximum Gasteiger partial charge on any atom is 0.224 e. The van der Waals surface area contributed by atoms with Crippen LogP contribution in [-0.4, -0.2) is 53.1 Å². The molecule has 7 heteroatoms. The number of carbonyl (C=O) groups is 1. The minimum Gasteiger partial charge on any atom is -0.339 e. The molecule has 1 saturated heterocycles. The number of amides is 1. The third kappa shape index (κ3) is 4.56. The molecule has 1 aromatic heterocycles. The quantitative estimate of drug-likeness (QED) is 0.759. The summed E-state index contributed by atoms with van der Waals surface area (Å²) in [6.07, 6.45) is 6.50. The van der Waals surface area contributed by atoms with E-state index < -0.39 is 9.84 Å². The minimum atomic E-state index is -2.97. The molecule has 1 unspecified atom stereocenters. The van der Waals surface area contributed by atoms with E-state index in [2.05, 4.69) is 12.0 Å². The number of aryl methyl sites for hydroxylation is 2. The number of nitrogens with zero attached hydrogens (tertiary/aromatic N) is 3. The average molecular weight is 327 g/mol. The lowest BCUT2D eigenvalue weighted by molar-refractivity contribution is -0.133. The zero-order valence-corrected chi connectivity index (χ0v) is 14.2. The van der Waals surface area contributed by atoms with Gasteiger partial charge in [-0.3, -0.25) is 9.48 Å². The highest BCUT2D eigenvalue weighted by atomic mass is 32.2. The second-order valence-corrected chi connectivity index (χ2v) is 8.26. The van der Waals surface area contributed by atoms with E-state index in [1.165, 1.54) is 0 Å². The zero-order valence-electron chi connectivity index (χ0n) is 13.4. The molecule has 1 aliphatic rings. The largest absolute Gasteiger partial charge is 0.339 e. The van der Waals surface area contributed by atoms with E-state index in [-0.39, 0.29) is 23.5 Å². The number of carbonyl (C=O) groups excluding carboxylic acids is 1. The van der Waals surface area contributed by atoms with Crippen LogP contribution in [0.25, 0.3) is 0 Å². The van der Waals surface area contributed by atoms with E-state index in [4.69, 9.17) is 0 Å². The number of rotatable bonds is 7. The van der Waals surface area contributed by atoms with Gasteiger partial charge in [-0.1, -0.05) is 13.3 Å². The summed E-state index contributed by atoms with van der Waals surface area (Å²) in [5.74, 6) is 0.346. The molecule has 0 saturated carbocycles. The summed E-state index contributed by atoms with van der Waals surface area (Å²) in [5.41, 5.74) is 1.07. The Hall–Kier alpha value is -1.37. The van der Waals surface area contributed by atoms with Gasteiger partial charge >= 0.3 is 0 Å². The number of aromatic nitrogens is 2. The lowest BCUT2D eigenvalue weighted by atomic mass is 10.2. The monoisotopic (exact) mass is 327 g/mol. The van der Waals surface area contributed by atoms with Crippen molar-refractivity contribution in [2.75, 3.05) is 18.1 Å². The van der Waals surface area contributed by atoms with E-state index >= 15 is 0 Å². The lowest BCUT2D eigenvalue weighted by Gasteiger charge is -2.28. The highest BCUT2D eigenvalue weighted by molar-refractivity contribution is 7.91. The van der Waals surface area contributed by atoms with E-state index in [0.717, 1.165) is 18.4 Å². The average Bonchev–Trinajstić information content (AvgIpc) is 3.03. The SMILES string of the molecule is CCCCN(C(=O)CCn1cc(C)cn1)C1CCS(=O)(=O)C1. The van der Waals surface area contributed by atoms with Crippen LogP contribution in [0, 0.1) is 6.92 Å². The number of hydrogen-bond donors (Lipinski definition) is 0. The topological polar surface area (TPSA) is 72.3 Å². The van der Waals surface area contributed by atoms with Gasteiger partial charge in [0.25, 0.3) is 0 Å². The fourth-order valence-corrected chi connectivity index (χ4v) is 4.53. The molecule has 0 radical (unpaired) electrons. The van der Waals surface area contributed by atoms with Gasteiger partial charge in [0.05, 0.1) is 17.7 Å². The second-order valence-electron chi connectivity index (χ2n) is 6.03. The third-order valence-corrected chi connectivity index (χ3v) is 5.79. The first-order chi connectivity index (χ1) is 10.4. The van der Waals surface area contributed by atoms with Gasteiger partial charge < -0.3 is 4.90 Å². The van der Waals surface area contributed by atoms with Crippen LogP contribution in [0.1, 0.15) is 38.2 Å². The summed E-state index contributed by atoms with van der Waals surface area (Å²) in [7, 11) is -2.97. The van der Waals surface area contributed by atoms with Crippen LogP contribution >= 0.6 is 0 Å². The first kappa shape index (κ1) is 17.0. The van der Waals surface area contributed by atoms with Gasteiger partial charge in [-0.05, 0) is 25.3 Å². The van der Waals surface area contributed by atoms with Gasteiger partial charge in [-0.15, -0.1) is 0 Å². The van der Waals surface area contributed by atoms with Crippen molar-refractivity contribution in [3.05, 3.63) is 18.0 Å². The molecule has 0 bridgehead atoms. The van der Waals surface area contributed by atoms with Crippen LogP contribution < -0.4 is 0 Å². The maximum absolute atomic E-state index is 12.5. The van der Waals surface area contributed by atoms with Crippen molar-refractivity contribution in [2.24, 2.45) is 0 Å². The normalized spacial score (nSPS) is 20.2. The third-order valence-electron chi connectivity index (χ3n) is 4.04. The molecule has 0 N–H and O–H groups in total. The van der Waals surface area contributed by atoms with Gasteiger partial charge in [-0.2, -0.15) is 5.10 Å². The van der Waals surface area contributed by atoms with Crippen LogP contribution in [0.15, 0.2) is 12.4 Å². The van der Waals surface area contributed by atoms with Crippen LogP contribution in [0.4, 0.5) is 0 Å². The summed E-state index contributed by atoms with van der Waals surface area (Å²) in [4.78, 5) is 14.3. The molecular formula is C15H25N3O3S. The molecule has 0 aliphatic carbocycles. The van der Waals surface area contributed by atoms with Crippen molar-refractivity contribution in [1.82, 2.24) is 14.7 Å². The molecule has 6 nitrogen and oxygen atoms in total. The van der Waals surface area contributed by atoms with Crippen LogP contribution in [0.3, 0.4) is 0 Å². The van der Waals surface area contributed by atoms with E-state index in [1.54, 1.807) is 15.8 Å². The highest BCUT2D eigenvalue weighted by Gasteiger charge is 2.34. The molecule has 22 heavy (non-hydrogen) atoms. The predicted octanol–water partition coefficient (Wildman–Crippen LogP) is 1.40. The fraction of sp³-hybridized carbons (Fsp3) is 0.733. The first-order valence-corrected chi connectivity index (χ1v) is 9.72. The smallest absolute Gasteiger partial charge is 0.224 e. The molecule has 124 valence electrons. The Kier molecular flexibility index (Phi) is 5.61. The zero-order chi connectivity index (χ0) is 16.2. The van der Waals surface area contributed by atoms with Crippen LogP contribution in [0.2, 0.25) is 0 Å². The molecule has 0 spiro atoms. The Morgan fingerprint density at radius 2 is 2.27 bits per heavy atom. The lowest BCUT2D eigenvalue weighted by Crippen LogP contribution is -2.42. The maximum atomic E-state index is 12.5. The van der Waals surface area contributed by atoms with E-state index in [0.29, 0.717) is 25.9 Å². The van der Waals surface area contributed by atoms with Gasteiger partial charge in [0.2, 0.25) is 5.91 Å². The summed E-state index contributed by atoms with van der Waals surface area (Å²) in [6.45, 7) is 5.21. The molecule has 0 aromatic carbocycles. The minimum absolute atomic E-state index is 0.0312. The van der Waals surface area contributed by atoms with Gasteiger partial charge in [0.15, 0.2) is 9.84 Å². The molecule has 1 aromatic rings. The highest BCUT2D eigenvalue weighted by Crippen LogP contribution is 2.19. The summed E-state index contributed by atoms with van der Waals surface area (Å²) < 4.78 is 25.1. The predicted molar refractivity (Wildman–Crippen MR) is 85.3 cm³/mol. The van der Waals surface area contributed by atoms with Crippen molar-refractivity contribution in [3.8, 4) is 0 Å². The molecule has 1 fully saturated rings. The molecule has 1 aliphatic heterocycles. The molecule has 2 rings (SSSR count). The van der Waals surface area contributed by atoms with Crippen LogP contribution in [0.5, 0.6) is 0 Å². The van der Waals surface area contributed by atoms with E-state index in [9.17, 15) is 13.2 Å². The van der Waals surface area contributed by atoms with Crippen LogP contribution in [-0.2, 0) is 21.2 Å². The Bertz CT molecular complexity index is 609. The number of sulfone groups is 1. The summed E-state index contributed by atoms with van der Waals surface area (Å²) in [5, 5.41) is 4.18. The first-order valence-electron chi connectivity index (χ1n) is 7.90. The van der Waals surface area contributed by atoms with Gasteiger partial charge in [0.1, 0.15) is 0 Å². The van der Waals surface area contributed by atoms with Crippen molar-refractivity contribution >= 4 is 15.7 Å². The Labute approximate surface area is 132 Å². The van der Waals surface area contributed by atoms with Crippen molar-refractivity contribution < 1.29 is 13.2 Å². The molecule has 2 heterocycles. The Morgan fingerprint density at radius 1 is 1.50 bits per heavy atom. The summed E-state index contributed by atoms with van der Waals surface area (Å²) >= 11 is 0.